The maximum atomic E-state index is 12.4. The average molecular weight is 377 g/mol. The number of rotatable bonds is 4. The van der Waals surface area contributed by atoms with Crippen molar-refractivity contribution < 1.29 is 9.72 Å². The SMILES string of the molecule is Nc1nc(N2CCN(C(=O)Cc3cccc(Cl)c3)CC2)ncc1[N+](=O)[O-]. The number of nitrogen functional groups attached to an aromatic ring is 1. The third-order valence-corrected chi connectivity index (χ3v) is 4.38. The topological polar surface area (TPSA) is 118 Å². The van der Waals surface area contributed by atoms with Crippen LogP contribution in [-0.2, 0) is 11.2 Å². The molecule has 0 spiro atoms. The van der Waals surface area contributed by atoms with E-state index in [1.165, 1.54) is 0 Å². The van der Waals surface area contributed by atoms with Gasteiger partial charge >= 0.3 is 5.69 Å². The zero-order valence-corrected chi connectivity index (χ0v) is 14.6. The molecule has 0 bridgehead atoms. The lowest BCUT2D eigenvalue weighted by molar-refractivity contribution is -0.384. The number of nitro groups is 1. The van der Waals surface area contributed by atoms with E-state index in [0.29, 0.717) is 43.6 Å². The van der Waals surface area contributed by atoms with Crippen LogP contribution in [-0.4, -0.2) is 51.9 Å². The second kappa shape index (κ2) is 7.52. The Morgan fingerprint density at radius 1 is 1.31 bits per heavy atom. The third-order valence-electron chi connectivity index (χ3n) is 4.14. The molecule has 0 unspecified atom stereocenters. The molecule has 0 aliphatic carbocycles. The van der Waals surface area contributed by atoms with Crippen LogP contribution in [0.5, 0.6) is 0 Å². The number of nitrogens with zero attached hydrogens (tertiary/aromatic N) is 5. The molecular weight excluding hydrogens is 360 g/mol. The van der Waals surface area contributed by atoms with E-state index in [4.69, 9.17) is 17.3 Å². The van der Waals surface area contributed by atoms with Gasteiger partial charge in [0, 0.05) is 31.2 Å². The first kappa shape index (κ1) is 17.9. The summed E-state index contributed by atoms with van der Waals surface area (Å²) in [6.07, 6.45) is 1.40. The lowest BCUT2D eigenvalue weighted by Crippen LogP contribution is -2.49. The summed E-state index contributed by atoms with van der Waals surface area (Å²) >= 11 is 5.95. The average Bonchev–Trinajstić information content (AvgIpc) is 2.61. The molecule has 136 valence electrons. The molecule has 1 saturated heterocycles. The molecule has 9 nitrogen and oxygen atoms in total. The fourth-order valence-corrected chi connectivity index (χ4v) is 2.97. The molecule has 2 heterocycles. The Balaban J connectivity index is 1.59. The van der Waals surface area contributed by atoms with Gasteiger partial charge in [-0.3, -0.25) is 14.9 Å². The highest BCUT2D eigenvalue weighted by Crippen LogP contribution is 2.21. The van der Waals surface area contributed by atoms with Gasteiger partial charge in [-0.25, -0.2) is 4.98 Å². The zero-order valence-electron chi connectivity index (χ0n) is 13.8. The normalized spacial score (nSPS) is 14.3. The van der Waals surface area contributed by atoms with E-state index in [9.17, 15) is 14.9 Å². The fraction of sp³-hybridized carbons (Fsp3) is 0.312. The number of benzene rings is 1. The van der Waals surface area contributed by atoms with Gasteiger partial charge in [-0.1, -0.05) is 23.7 Å². The monoisotopic (exact) mass is 376 g/mol. The van der Waals surface area contributed by atoms with Crippen LogP contribution in [0.15, 0.2) is 30.5 Å². The number of hydrogen-bond acceptors (Lipinski definition) is 7. The molecule has 1 fully saturated rings. The summed E-state index contributed by atoms with van der Waals surface area (Å²) in [7, 11) is 0. The number of halogens is 1. The lowest BCUT2D eigenvalue weighted by atomic mass is 10.1. The first-order valence-corrected chi connectivity index (χ1v) is 8.36. The Hall–Kier alpha value is -2.94. The van der Waals surface area contributed by atoms with Crippen molar-refractivity contribution in [3.05, 3.63) is 51.2 Å². The molecule has 1 aromatic carbocycles. The molecule has 2 N–H and O–H groups in total. The number of carbonyl (C=O) groups is 1. The highest BCUT2D eigenvalue weighted by atomic mass is 35.5. The number of anilines is 2. The van der Waals surface area contributed by atoms with E-state index in [2.05, 4.69) is 9.97 Å². The molecule has 1 amide bonds. The molecule has 1 aliphatic heterocycles. The van der Waals surface area contributed by atoms with Crippen LogP contribution in [0.25, 0.3) is 0 Å². The Labute approximate surface area is 154 Å². The van der Waals surface area contributed by atoms with Crippen molar-refractivity contribution in [2.75, 3.05) is 36.8 Å². The van der Waals surface area contributed by atoms with Gasteiger partial charge in [0.15, 0.2) is 0 Å². The van der Waals surface area contributed by atoms with E-state index in [1.54, 1.807) is 17.0 Å². The second-order valence-corrected chi connectivity index (χ2v) is 6.31. The van der Waals surface area contributed by atoms with Gasteiger partial charge in [0.2, 0.25) is 17.7 Å². The Morgan fingerprint density at radius 3 is 2.65 bits per heavy atom. The van der Waals surface area contributed by atoms with Crippen LogP contribution in [0.1, 0.15) is 5.56 Å². The summed E-state index contributed by atoms with van der Waals surface area (Å²) < 4.78 is 0. The zero-order chi connectivity index (χ0) is 18.7. The molecule has 2 aromatic rings. The maximum absolute atomic E-state index is 12.4. The number of carbonyl (C=O) groups excluding carboxylic acids is 1. The van der Waals surface area contributed by atoms with Crippen LogP contribution in [0.3, 0.4) is 0 Å². The summed E-state index contributed by atoms with van der Waals surface area (Å²) in [6, 6.07) is 7.24. The largest absolute Gasteiger partial charge is 0.378 e. The molecule has 0 saturated carbocycles. The number of nitrogens with two attached hydrogens (primary N) is 1. The molecule has 0 radical (unpaired) electrons. The fourth-order valence-electron chi connectivity index (χ4n) is 2.76. The Bertz CT molecular complexity index is 838. The minimum atomic E-state index is -0.619. The van der Waals surface area contributed by atoms with Crippen molar-refractivity contribution in [1.82, 2.24) is 14.9 Å². The van der Waals surface area contributed by atoms with Gasteiger partial charge in [0.1, 0.15) is 6.20 Å². The molecule has 10 heteroatoms. The van der Waals surface area contributed by atoms with Crippen molar-refractivity contribution >= 4 is 35.0 Å². The van der Waals surface area contributed by atoms with E-state index in [-0.39, 0.29) is 17.4 Å². The first-order valence-electron chi connectivity index (χ1n) is 7.98. The second-order valence-electron chi connectivity index (χ2n) is 5.87. The maximum Gasteiger partial charge on any atom is 0.329 e. The number of piperazine rings is 1. The predicted octanol–water partition coefficient (Wildman–Crippen LogP) is 1.51. The third kappa shape index (κ3) is 3.99. The summed E-state index contributed by atoms with van der Waals surface area (Å²) in [5.74, 6) is 0.186. The summed E-state index contributed by atoms with van der Waals surface area (Å²) in [5.41, 5.74) is 6.16. The van der Waals surface area contributed by atoms with Gasteiger partial charge in [-0.2, -0.15) is 4.98 Å². The van der Waals surface area contributed by atoms with E-state index >= 15 is 0 Å². The van der Waals surface area contributed by atoms with Crippen LogP contribution < -0.4 is 10.6 Å². The van der Waals surface area contributed by atoms with E-state index in [0.717, 1.165) is 11.8 Å². The minimum absolute atomic E-state index is 0.0241. The van der Waals surface area contributed by atoms with Crippen molar-refractivity contribution in [3.63, 3.8) is 0 Å². The van der Waals surface area contributed by atoms with Gasteiger partial charge in [-0.15, -0.1) is 0 Å². The van der Waals surface area contributed by atoms with Crippen molar-refractivity contribution in [1.29, 1.82) is 0 Å². The lowest BCUT2D eigenvalue weighted by Gasteiger charge is -2.34. The van der Waals surface area contributed by atoms with Crippen molar-refractivity contribution in [3.8, 4) is 0 Å². The van der Waals surface area contributed by atoms with Crippen LogP contribution in [0, 0.1) is 10.1 Å². The summed E-state index contributed by atoms with van der Waals surface area (Å²) in [4.78, 5) is 34.2. The molecule has 1 aromatic heterocycles. The van der Waals surface area contributed by atoms with E-state index < -0.39 is 4.92 Å². The van der Waals surface area contributed by atoms with Gasteiger partial charge in [0.25, 0.3) is 0 Å². The van der Waals surface area contributed by atoms with Crippen molar-refractivity contribution in [2.24, 2.45) is 0 Å². The summed E-state index contributed by atoms with van der Waals surface area (Å²) in [6.45, 7) is 2.08. The number of amides is 1. The van der Waals surface area contributed by atoms with Gasteiger partial charge < -0.3 is 15.5 Å². The number of hydrogen-bond donors (Lipinski definition) is 1. The molecule has 1 aliphatic rings. The quantitative estimate of drug-likeness (QED) is 0.634. The van der Waals surface area contributed by atoms with Crippen LogP contribution in [0.2, 0.25) is 5.02 Å². The van der Waals surface area contributed by atoms with Crippen molar-refractivity contribution in [2.45, 2.75) is 6.42 Å². The highest BCUT2D eigenvalue weighted by Gasteiger charge is 2.24. The Kier molecular flexibility index (Phi) is 5.17. The highest BCUT2D eigenvalue weighted by molar-refractivity contribution is 6.30. The minimum Gasteiger partial charge on any atom is -0.378 e. The predicted molar refractivity (Wildman–Crippen MR) is 97.0 cm³/mol. The first-order chi connectivity index (χ1) is 12.4. The molecule has 26 heavy (non-hydrogen) atoms. The smallest absolute Gasteiger partial charge is 0.329 e. The molecule has 0 atom stereocenters. The Morgan fingerprint density at radius 2 is 2.04 bits per heavy atom. The summed E-state index contributed by atoms with van der Waals surface area (Å²) in [5, 5.41) is 11.4. The van der Waals surface area contributed by atoms with Gasteiger partial charge in [-0.05, 0) is 17.7 Å². The van der Waals surface area contributed by atoms with Crippen LogP contribution in [0.4, 0.5) is 17.5 Å². The van der Waals surface area contributed by atoms with Crippen LogP contribution >= 0.6 is 11.6 Å². The standard InChI is InChI=1S/C16H17ClN6O3/c17-12-3-1-2-11(8-12)9-14(24)21-4-6-22(7-5-21)16-19-10-13(23(25)26)15(18)20-16/h1-3,8,10H,4-7,9H2,(H2,18,19,20). The number of aromatic nitrogens is 2. The molecule has 3 rings (SSSR count). The molecular formula is C16H17ClN6O3. The van der Waals surface area contributed by atoms with Gasteiger partial charge in [0.05, 0.1) is 11.3 Å². The van der Waals surface area contributed by atoms with E-state index in [1.807, 2.05) is 17.0 Å².